The molecule has 0 aromatic carbocycles. The van der Waals surface area contributed by atoms with Gasteiger partial charge in [0.2, 0.25) is 0 Å². The maximum Gasteiger partial charge on any atom is 0.306 e. The van der Waals surface area contributed by atoms with E-state index < -0.39 is 6.10 Å². The Morgan fingerprint density at radius 2 is 0.554 bits per heavy atom. The van der Waals surface area contributed by atoms with Crippen LogP contribution in [0.2, 0.25) is 0 Å². The third-order valence-corrected chi connectivity index (χ3v) is 10.1. The molecule has 1 unspecified atom stereocenters. The van der Waals surface area contributed by atoms with Crippen molar-refractivity contribution >= 4 is 17.9 Å². The van der Waals surface area contributed by atoms with E-state index in [9.17, 15) is 14.4 Å². The maximum absolute atomic E-state index is 12.8. The Bertz CT molecular complexity index is 1450. The average molecular weight is 897 g/mol. The van der Waals surface area contributed by atoms with Crippen molar-refractivity contribution in [1.29, 1.82) is 0 Å². The second-order valence-electron chi connectivity index (χ2n) is 16.3. The lowest BCUT2D eigenvalue weighted by atomic mass is 10.1. The van der Waals surface area contributed by atoms with E-state index in [-0.39, 0.29) is 37.5 Å². The van der Waals surface area contributed by atoms with E-state index in [1.54, 1.807) is 0 Å². The number of carbonyl (C=O) groups is 3. The van der Waals surface area contributed by atoms with Gasteiger partial charge in [-0.2, -0.15) is 0 Å². The highest BCUT2D eigenvalue weighted by molar-refractivity contribution is 5.71. The van der Waals surface area contributed by atoms with Crippen molar-refractivity contribution in [3.05, 3.63) is 134 Å². The summed E-state index contributed by atoms with van der Waals surface area (Å²) < 4.78 is 16.7. The van der Waals surface area contributed by atoms with E-state index in [0.717, 1.165) is 154 Å². The van der Waals surface area contributed by atoms with E-state index in [4.69, 9.17) is 14.2 Å². The Labute approximate surface area is 398 Å². The van der Waals surface area contributed by atoms with Crippen molar-refractivity contribution in [2.45, 2.75) is 207 Å². The Hall–Kier alpha value is -4.45. The summed E-state index contributed by atoms with van der Waals surface area (Å²) >= 11 is 0. The zero-order valence-corrected chi connectivity index (χ0v) is 41.4. The number of unbranched alkanes of at least 4 members (excludes halogenated alkanes) is 11. The molecule has 0 bridgehead atoms. The van der Waals surface area contributed by atoms with Gasteiger partial charge < -0.3 is 14.2 Å². The van der Waals surface area contributed by atoms with Crippen LogP contribution in [0, 0.1) is 0 Å². The number of hydrogen-bond acceptors (Lipinski definition) is 6. The molecule has 0 aromatic rings. The first-order valence-corrected chi connectivity index (χ1v) is 25.7. The van der Waals surface area contributed by atoms with Gasteiger partial charge in [0.25, 0.3) is 0 Å². The second-order valence-corrected chi connectivity index (χ2v) is 16.3. The van der Waals surface area contributed by atoms with Gasteiger partial charge in [0.1, 0.15) is 13.2 Å². The van der Waals surface area contributed by atoms with Crippen molar-refractivity contribution in [3.63, 3.8) is 0 Å². The number of hydrogen-bond donors (Lipinski definition) is 0. The van der Waals surface area contributed by atoms with Gasteiger partial charge in [0.15, 0.2) is 6.10 Å². The molecule has 0 radical (unpaired) electrons. The van der Waals surface area contributed by atoms with Crippen LogP contribution in [0.25, 0.3) is 0 Å². The Morgan fingerprint density at radius 1 is 0.308 bits per heavy atom. The molecule has 0 aromatic heterocycles. The normalized spacial score (nSPS) is 13.2. The predicted molar refractivity (Wildman–Crippen MR) is 279 cm³/mol. The van der Waals surface area contributed by atoms with Crippen molar-refractivity contribution in [2.75, 3.05) is 13.2 Å². The fourth-order valence-corrected chi connectivity index (χ4v) is 6.38. The third-order valence-electron chi connectivity index (χ3n) is 10.1. The first-order valence-electron chi connectivity index (χ1n) is 25.7. The Morgan fingerprint density at radius 3 is 0.892 bits per heavy atom. The quantitative estimate of drug-likeness (QED) is 0.0262. The molecule has 0 amide bonds. The van der Waals surface area contributed by atoms with Crippen molar-refractivity contribution in [3.8, 4) is 0 Å². The van der Waals surface area contributed by atoms with Crippen LogP contribution in [0.15, 0.2) is 134 Å². The predicted octanol–water partition coefficient (Wildman–Crippen LogP) is 17.1. The molecule has 0 heterocycles. The van der Waals surface area contributed by atoms with Crippen molar-refractivity contribution in [2.24, 2.45) is 0 Å². The molecular formula is C59H92O6. The van der Waals surface area contributed by atoms with Crippen LogP contribution in [-0.2, 0) is 28.6 Å². The third kappa shape index (κ3) is 50.4. The lowest BCUT2D eigenvalue weighted by molar-refractivity contribution is -0.167. The van der Waals surface area contributed by atoms with Crippen LogP contribution in [0.5, 0.6) is 0 Å². The molecule has 0 aliphatic heterocycles. The standard InChI is InChI=1S/C59H92O6/c1-4-7-10-13-16-19-22-25-28-29-32-34-37-40-43-46-49-52-58(61)64-55-56(65-59(62)53-50-47-44-41-38-35-31-27-24-21-18-15-12-9-6-3)54-63-57(60)51-48-45-42-39-36-33-30-26-23-20-17-14-11-8-5-2/h7-12,16-21,25-28,30-32,34,38,41,56H,4-6,13-15,22-24,29,33,35-37,39-40,42-55H2,1-3H3/b10-7-,11-8-,12-9-,19-16-,20-17-,21-18-,28-25-,30-26-,31-27-,34-32-,41-38-. The average Bonchev–Trinajstić information content (AvgIpc) is 3.30. The largest absolute Gasteiger partial charge is 0.462 e. The Balaban J connectivity index is 4.55. The molecule has 0 fully saturated rings. The first kappa shape index (κ1) is 60.5. The summed E-state index contributed by atoms with van der Waals surface area (Å²) in [5.41, 5.74) is 0. The molecule has 1 atom stereocenters. The summed E-state index contributed by atoms with van der Waals surface area (Å²) in [6, 6.07) is 0. The van der Waals surface area contributed by atoms with Gasteiger partial charge in [0.05, 0.1) is 0 Å². The number of allylic oxidation sites excluding steroid dienone is 22. The van der Waals surface area contributed by atoms with Gasteiger partial charge in [-0.05, 0) is 128 Å². The summed E-state index contributed by atoms with van der Waals surface area (Å²) in [5, 5.41) is 0. The molecule has 6 nitrogen and oxygen atoms in total. The molecule has 364 valence electrons. The van der Waals surface area contributed by atoms with E-state index in [2.05, 4.69) is 154 Å². The highest BCUT2D eigenvalue weighted by Gasteiger charge is 2.19. The van der Waals surface area contributed by atoms with Gasteiger partial charge in [-0.3, -0.25) is 14.4 Å². The highest BCUT2D eigenvalue weighted by Crippen LogP contribution is 2.12. The molecule has 0 rings (SSSR count). The highest BCUT2D eigenvalue weighted by atomic mass is 16.6. The zero-order chi connectivity index (χ0) is 47.2. The van der Waals surface area contributed by atoms with Crippen molar-refractivity contribution in [1.82, 2.24) is 0 Å². The Kier molecular flexibility index (Phi) is 48.6. The van der Waals surface area contributed by atoms with E-state index in [0.29, 0.717) is 19.3 Å². The zero-order valence-electron chi connectivity index (χ0n) is 41.4. The molecule has 0 aliphatic rings. The summed E-state index contributed by atoms with van der Waals surface area (Å²) in [6.07, 6.45) is 72.9. The molecule has 0 N–H and O–H groups in total. The molecule has 0 aliphatic carbocycles. The fourth-order valence-electron chi connectivity index (χ4n) is 6.38. The fraction of sp³-hybridized carbons (Fsp3) is 0.576. The van der Waals surface area contributed by atoms with Gasteiger partial charge in [-0.15, -0.1) is 0 Å². The lowest BCUT2D eigenvalue weighted by Gasteiger charge is -2.18. The van der Waals surface area contributed by atoms with E-state index >= 15 is 0 Å². The number of esters is 3. The second kappa shape index (κ2) is 52.2. The maximum atomic E-state index is 12.8. The molecule has 0 saturated heterocycles. The lowest BCUT2D eigenvalue weighted by Crippen LogP contribution is -2.30. The van der Waals surface area contributed by atoms with Gasteiger partial charge in [-0.25, -0.2) is 0 Å². The summed E-state index contributed by atoms with van der Waals surface area (Å²) in [7, 11) is 0. The SMILES string of the molecule is CC/C=C\C/C=C\C/C=C\C/C=C\CCCCCCC(=O)OCC(COC(=O)CCCCCCC/C=C\C/C=C\C/C=C\CC)OC(=O)CCCC/C=C\C/C=C\C/C=C\C/C=C\CC. The van der Waals surface area contributed by atoms with Crippen LogP contribution in [0.4, 0.5) is 0 Å². The smallest absolute Gasteiger partial charge is 0.306 e. The van der Waals surface area contributed by atoms with Gasteiger partial charge in [-0.1, -0.05) is 187 Å². The first-order chi connectivity index (χ1) is 32.0. The van der Waals surface area contributed by atoms with E-state index in [1.165, 1.54) is 0 Å². The molecule has 65 heavy (non-hydrogen) atoms. The van der Waals surface area contributed by atoms with Crippen LogP contribution < -0.4 is 0 Å². The van der Waals surface area contributed by atoms with Gasteiger partial charge >= 0.3 is 17.9 Å². The molecule has 6 heteroatoms. The van der Waals surface area contributed by atoms with Crippen LogP contribution >= 0.6 is 0 Å². The topological polar surface area (TPSA) is 78.9 Å². The minimum absolute atomic E-state index is 0.117. The number of carbonyl (C=O) groups excluding carboxylic acids is 3. The summed E-state index contributed by atoms with van der Waals surface area (Å²) in [6.45, 7) is 6.20. The molecular weight excluding hydrogens is 805 g/mol. The summed E-state index contributed by atoms with van der Waals surface area (Å²) in [5.74, 6) is -1.01. The number of rotatable bonds is 44. The van der Waals surface area contributed by atoms with E-state index in [1.807, 2.05) is 0 Å². The van der Waals surface area contributed by atoms with Crippen LogP contribution in [0.1, 0.15) is 201 Å². The summed E-state index contributed by atoms with van der Waals surface area (Å²) in [4.78, 5) is 38.0. The van der Waals surface area contributed by atoms with Crippen LogP contribution in [0.3, 0.4) is 0 Å². The number of ether oxygens (including phenoxy) is 3. The monoisotopic (exact) mass is 897 g/mol. The minimum atomic E-state index is -0.822. The van der Waals surface area contributed by atoms with Crippen LogP contribution in [-0.4, -0.2) is 37.2 Å². The molecule has 0 saturated carbocycles. The minimum Gasteiger partial charge on any atom is -0.462 e. The van der Waals surface area contributed by atoms with Crippen molar-refractivity contribution < 1.29 is 28.6 Å². The molecule has 0 spiro atoms. The van der Waals surface area contributed by atoms with Gasteiger partial charge in [0, 0.05) is 19.3 Å².